The first-order valence-corrected chi connectivity index (χ1v) is 8.92. The molecule has 1 heterocycles. The summed E-state index contributed by atoms with van der Waals surface area (Å²) in [5, 5.41) is 2.80. The first kappa shape index (κ1) is 17.6. The predicted molar refractivity (Wildman–Crippen MR) is 99.5 cm³/mol. The van der Waals surface area contributed by atoms with Crippen molar-refractivity contribution in [1.82, 2.24) is 9.88 Å². The van der Waals surface area contributed by atoms with Gasteiger partial charge in [0.05, 0.1) is 6.54 Å². The summed E-state index contributed by atoms with van der Waals surface area (Å²) in [6.07, 6.45) is 0. The molecule has 0 spiro atoms. The Balaban J connectivity index is 1.78. The summed E-state index contributed by atoms with van der Waals surface area (Å²) >= 11 is 7.44. The lowest BCUT2D eigenvalue weighted by Gasteiger charge is -2.17. The molecule has 0 atom stereocenters. The number of benzene rings is 2. The zero-order valence-electron chi connectivity index (χ0n) is 13.8. The Morgan fingerprint density at radius 2 is 1.96 bits per heavy atom. The third-order valence-corrected chi connectivity index (χ3v) is 5.07. The van der Waals surface area contributed by atoms with Gasteiger partial charge in [0, 0.05) is 28.6 Å². The minimum Gasteiger partial charge on any atom is -0.336 e. The van der Waals surface area contributed by atoms with E-state index in [1.54, 1.807) is 18.5 Å². The van der Waals surface area contributed by atoms with Crippen LogP contribution in [0.5, 0.6) is 0 Å². The second kappa shape index (κ2) is 7.33. The zero-order chi connectivity index (χ0) is 18.0. The molecule has 3 nitrogen and oxygen atoms in total. The van der Waals surface area contributed by atoms with Gasteiger partial charge in [0.15, 0.2) is 0 Å². The van der Waals surface area contributed by atoms with E-state index in [2.05, 4.69) is 4.98 Å². The lowest BCUT2D eigenvalue weighted by Crippen LogP contribution is -2.27. The molecule has 25 heavy (non-hydrogen) atoms. The van der Waals surface area contributed by atoms with Crippen molar-refractivity contribution in [2.24, 2.45) is 0 Å². The Bertz CT molecular complexity index is 888. The zero-order valence-corrected chi connectivity index (χ0v) is 15.4. The van der Waals surface area contributed by atoms with Crippen LogP contribution < -0.4 is 0 Å². The molecule has 0 aliphatic rings. The van der Waals surface area contributed by atoms with Gasteiger partial charge in [0.1, 0.15) is 16.5 Å². The average molecular weight is 375 g/mol. The monoisotopic (exact) mass is 374 g/mol. The normalized spacial score (nSPS) is 10.7. The fourth-order valence-corrected chi connectivity index (χ4v) is 3.41. The highest BCUT2D eigenvalue weighted by molar-refractivity contribution is 7.13. The van der Waals surface area contributed by atoms with E-state index in [1.807, 2.05) is 31.2 Å². The molecule has 3 aromatic rings. The van der Waals surface area contributed by atoms with Crippen molar-refractivity contribution >= 4 is 28.8 Å². The number of carbonyl (C=O) groups is 1. The first-order valence-electron chi connectivity index (χ1n) is 7.66. The summed E-state index contributed by atoms with van der Waals surface area (Å²) in [5.41, 5.74) is 2.78. The van der Waals surface area contributed by atoms with Crippen LogP contribution in [-0.4, -0.2) is 22.8 Å². The van der Waals surface area contributed by atoms with Crippen molar-refractivity contribution < 1.29 is 9.18 Å². The lowest BCUT2D eigenvalue weighted by atomic mass is 10.2. The van der Waals surface area contributed by atoms with Crippen LogP contribution in [0.15, 0.2) is 47.8 Å². The number of hydrogen-bond donors (Lipinski definition) is 0. The first-order chi connectivity index (χ1) is 12.0. The predicted octanol–water partition coefficient (Wildman–Crippen LogP) is 5.18. The second-order valence-electron chi connectivity index (χ2n) is 5.77. The van der Waals surface area contributed by atoms with Crippen molar-refractivity contribution in [2.45, 2.75) is 13.5 Å². The van der Waals surface area contributed by atoms with Crippen LogP contribution in [0.25, 0.3) is 10.6 Å². The third kappa shape index (κ3) is 3.89. The lowest BCUT2D eigenvalue weighted by molar-refractivity contribution is 0.0779. The van der Waals surface area contributed by atoms with Crippen LogP contribution in [0.1, 0.15) is 21.6 Å². The van der Waals surface area contributed by atoms with Crippen LogP contribution in [0.3, 0.4) is 0 Å². The van der Waals surface area contributed by atoms with Crippen LogP contribution in [0.4, 0.5) is 4.39 Å². The van der Waals surface area contributed by atoms with Gasteiger partial charge in [-0.3, -0.25) is 4.79 Å². The molecule has 0 aliphatic carbocycles. The van der Waals surface area contributed by atoms with Crippen molar-refractivity contribution in [3.05, 3.63) is 75.5 Å². The number of hydrogen-bond acceptors (Lipinski definition) is 3. The summed E-state index contributed by atoms with van der Waals surface area (Å²) < 4.78 is 13.9. The fourth-order valence-electron chi connectivity index (χ4n) is 2.39. The molecule has 0 saturated carbocycles. The quantitative estimate of drug-likeness (QED) is 0.630. The number of amides is 1. The van der Waals surface area contributed by atoms with Gasteiger partial charge >= 0.3 is 0 Å². The van der Waals surface area contributed by atoms with E-state index in [9.17, 15) is 9.18 Å². The molecule has 0 fully saturated rings. The Hall–Kier alpha value is -2.24. The molecular formula is C19H16ClFN2OS. The van der Waals surface area contributed by atoms with Crippen LogP contribution >= 0.6 is 22.9 Å². The van der Waals surface area contributed by atoms with Gasteiger partial charge in [-0.1, -0.05) is 47.5 Å². The third-order valence-electron chi connectivity index (χ3n) is 3.83. The number of aromatic nitrogens is 1. The molecule has 3 rings (SSSR count). The minimum atomic E-state index is -0.425. The highest BCUT2D eigenvalue weighted by Crippen LogP contribution is 2.25. The minimum absolute atomic E-state index is 0.0851. The topological polar surface area (TPSA) is 33.2 Å². The fraction of sp³-hybridized carbons (Fsp3) is 0.158. The summed E-state index contributed by atoms with van der Waals surface area (Å²) in [5.74, 6) is -0.695. The molecule has 0 bridgehead atoms. The van der Waals surface area contributed by atoms with Crippen LogP contribution in [0.2, 0.25) is 5.02 Å². The highest BCUT2D eigenvalue weighted by Gasteiger charge is 2.18. The number of halogens is 2. The smallest absolute Gasteiger partial charge is 0.273 e. The maximum Gasteiger partial charge on any atom is 0.273 e. The molecule has 6 heteroatoms. The van der Waals surface area contributed by atoms with E-state index >= 15 is 0 Å². The molecule has 0 unspecified atom stereocenters. The van der Waals surface area contributed by atoms with Crippen molar-refractivity contribution in [3.63, 3.8) is 0 Å². The molecule has 0 aliphatic heterocycles. The Labute approximate surface area is 154 Å². The largest absolute Gasteiger partial charge is 0.336 e. The van der Waals surface area contributed by atoms with Crippen molar-refractivity contribution in [3.8, 4) is 10.6 Å². The summed E-state index contributed by atoms with van der Waals surface area (Å²) in [6.45, 7) is 2.10. The van der Waals surface area contributed by atoms with E-state index in [0.717, 1.165) is 16.1 Å². The summed E-state index contributed by atoms with van der Waals surface area (Å²) in [6, 6.07) is 12.4. The Kier molecular flexibility index (Phi) is 5.16. The number of carbonyl (C=O) groups excluding carboxylic acids is 1. The molecular weight excluding hydrogens is 359 g/mol. The summed E-state index contributed by atoms with van der Waals surface area (Å²) in [4.78, 5) is 18.4. The van der Waals surface area contributed by atoms with E-state index in [4.69, 9.17) is 11.6 Å². The number of nitrogens with zero attached hydrogens (tertiary/aromatic N) is 2. The number of rotatable bonds is 4. The van der Waals surface area contributed by atoms with Crippen LogP contribution in [0, 0.1) is 12.7 Å². The van der Waals surface area contributed by atoms with Crippen molar-refractivity contribution in [1.29, 1.82) is 0 Å². The average Bonchev–Trinajstić information content (AvgIpc) is 3.08. The summed E-state index contributed by atoms with van der Waals surface area (Å²) in [7, 11) is 1.61. The molecule has 0 N–H and O–H groups in total. The highest BCUT2D eigenvalue weighted by atomic mass is 35.5. The molecule has 0 saturated heterocycles. The van der Waals surface area contributed by atoms with E-state index < -0.39 is 5.82 Å². The Morgan fingerprint density at radius 3 is 2.64 bits per heavy atom. The van der Waals surface area contributed by atoms with Gasteiger partial charge < -0.3 is 4.90 Å². The van der Waals surface area contributed by atoms with E-state index in [-0.39, 0.29) is 12.5 Å². The number of thiazole rings is 1. The Morgan fingerprint density at radius 1 is 1.24 bits per heavy atom. The van der Waals surface area contributed by atoms with Gasteiger partial charge in [-0.15, -0.1) is 11.3 Å². The standard InChI is InChI=1S/C19H16ClFN2OS/c1-12-6-8-13(9-7-12)18-22-17(11-25-18)19(24)23(2)10-14-15(20)4-3-5-16(14)21/h3-9,11H,10H2,1-2H3. The molecule has 1 aromatic heterocycles. The van der Waals surface area contributed by atoms with Gasteiger partial charge in [0.2, 0.25) is 0 Å². The van der Waals surface area contributed by atoms with Crippen molar-refractivity contribution in [2.75, 3.05) is 7.05 Å². The van der Waals surface area contributed by atoms with E-state index in [0.29, 0.717) is 16.3 Å². The molecule has 1 amide bonds. The second-order valence-corrected chi connectivity index (χ2v) is 7.03. The van der Waals surface area contributed by atoms with Gasteiger partial charge in [-0.05, 0) is 19.1 Å². The number of aryl methyl sites for hydroxylation is 1. The van der Waals surface area contributed by atoms with Gasteiger partial charge in [-0.2, -0.15) is 0 Å². The SMILES string of the molecule is Cc1ccc(-c2nc(C(=O)N(C)Cc3c(F)cccc3Cl)cs2)cc1. The van der Waals surface area contributed by atoms with Gasteiger partial charge in [-0.25, -0.2) is 9.37 Å². The van der Waals surface area contributed by atoms with E-state index in [1.165, 1.54) is 28.4 Å². The van der Waals surface area contributed by atoms with Gasteiger partial charge in [0.25, 0.3) is 5.91 Å². The molecule has 0 radical (unpaired) electrons. The molecule has 2 aromatic carbocycles. The molecule has 128 valence electrons. The maximum absolute atomic E-state index is 13.9. The maximum atomic E-state index is 13.9. The van der Waals surface area contributed by atoms with Crippen LogP contribution in [-0.2, 0) is 6.54 Å².